The maximum atomic E-state index is 14.8. The Morgan fingerprint density at radius 3 is 2.36 bits per heavy atom. The third kappa shape index (κ3) is 7.77. The molecule has 0 amide bonds. The first-order chi connectivity index (χ1) is 21.5. The number of nitrogens with one attached hydrogen (secondary N) is 1. The summed E-state index contributed by atoms with van der Waals surface area (Å²) >= 11 is 1.35. The number of hydrogen-bond donors (Lipinski definition) is 1. The molecule has 1 N–H and O–H groups in total. The van der Waals surface area contributed by atoms with Crippen LogP contribution >= 0.6 is 11.3 Å². The highest BCUT2D eigenvalue weighted by molar-refractivity contribution is 7.92. The summed E-state index contributed by atoms with van der Waals surface area (Å²) in [4.78, 5) is 29.8. The quantitative estimate of drug-likeness (QED) is 0.164. The van der Waals surface area contributed by atoms with E-state index in [2.05, 4.69) is 9.62 Å². The zero-order valence-electron chi connectivity index (χ0n) is 24.9. The molecule has 0 bridgehead atoms. The first kappa shape index (κ1) is 31.9. The van der Waals surface area contributed by atoms with Crippen LogP contribution in [0.5, 0.6) is 5.75 Å². The number of thiophene rings is 1. The van der Waals surface area contributed by atoms with Gasteiger partial charge in [0.15, 0.2) is 5.75 Å². The van der Waals surface area contributed by atoms with Crippen molar-refractivity contribution in [2.45, 2.75) is 26.6 Å². The van der Waals surface area contributed by atoms with Crippen LogP contribution in [0.4, 0.5) is 14.9 Å². The average molecular weight is 650 g/mol. The minimum Gasteiger partial charge on any atom is -0.434 e. The van der Waals surface area contributed by atoms with Gasteiger partial charge in [0.1, 0.15) is 10.6 Å². The van der Waals surface area contributed by atoms with Crippen molar-refractivity contribution in [3.63, 3.8) is 0 Å². The minimum absolute atomic E-state index is 0.0623. The van der Waals surface area contributed by atoms with Crippen LogP contribution in [-0.4, -0.2) is 44.0 Å². The highest BCUT2D eigenvalue weighted by Crippen LogP contribution is 2.40. The van der Waals surface area contributed by atoms with Crippen molar-refractivity contribution in [1.82, 2.24) is 9.47 Å². The van der Waals surface area contributed by atoms with Gasteiger partial charge in [0, 0.05) is 29.2 Å². The monoisotopic (exact) mass is 649 g/mol. The van der Waals surface area contributed by atoms with Crippen molar-refractivity contribution in [2.24, 2.45) is 0 Å². The van der Waals surface area contributed by atoms with Crippen LogP contribution in [0.3, 0.4) is 0 Å². The second kappa shape index (κ2) is 13.6. The summed E-state index contributed by atoms with van der Waals surface area (Å²) in [5.41, 5.74) is 2.82. The molecule has 234 valence electrons. The molecule has 5 aromatic rings. The number of benzene rings is 3. The van der Waals surface area contributed by atoms with Crippen molar-refractivity contribution in [2.75, 3.05) is 24.6 Å². The fraction of sp³-hybridized carbons (Fsp3) is 0.212. The second-order valence-electron chi connectivity index (χ2n) is 10.5. The van der Waals surface area contributed by atoms with E-state index in [9.17, 15) is 22.4 Å². The van der Waals surface area contributed by atoms with Gasteiger partial charge in [-0.15, -0.1) is 11.3 Å². The number of carbonyl (C=O) groups is 1. The number of hydrogen-bond acceptors (Lipinski definition) is 8. The molecule has 0 unspecified atom stereocenters. The largest absolute Gasteiger partial charge is 0.514 e. The van der Waals surface area contributed by atoms with Gasteiger partial charge in [-0.2, -0.15) is 0 Å². The van der Waals surface area contributed by atoms with E-state index >= 15 is 0 Å². The van der Waals surface area contributed by atoms with Gasteiger partial charge in [-0.1, -0.05) is 60.7 Å². The Hall–Kier alpha value is -4.52. The topological polar surface area (TPSA) is 107 Å². The number of anilines is 1. The number of carbonyl (C=O) groups excluding carboxylic acids is 1. The van der Waals surface area contributed by atoms with Crippen molar-refractivity contribution in [1.29, 1.82) is 0 Å². The molecule has 0 aliphatic heterocycles. The number of ether oxygens (including phenoxy) is 2. The van der Waals surface area contributed by atoms with E-state index in [-0.39, 0.29) is 18.9 Å². The fourth-order valence-corrected chi connectivity index (χ4v) is 6.87. The summed E-state index contributed by atoms with van der Waals surface area (Å²) < 4.78 is 52.9. The molecule has 45 heavy (non-hydrogen) atoms. The summed E-state index contributed by atoms with van der Waals surface area (Å²) in [5.74, 6) is -0.646. The summed E-state index contributed by atoms with van der Waals surface area (Å²) in [6.07, 6.45) is 1.47. The van der Waals surface area contributed by atoms with E-state index in [0.29, 0.717) is 40.1 Å². The Kier molecular flexibility index (Phi) is 9.66. The first-order valence-electron chi connectivity index (χ1n) is 14.1. The molecule has 2 heterocycles. The first-order valence-corrected chi connectivity index (χ1v) is 16.8. The Morgan fingerprint density at radius 2 is 1.69 bits per heavy atom. The minimum atomic E-state index is -3.47. The summed E-state index contributed by atoms with van der Waals surface area (Å²) in [6.45, 7) is 2.71. The van der Waals surface area contributed by atoms with E-state index in [4.69, 9.17) is 9.47 Å². The summed E-state index contributed by atoms with van der Waals surface area (Å²) in [5, 5.41) is 0.339. The molecular formula is C33H32FN3O6S2. The van der Waals surface area contributed by atoms with Crippen molar-refractivity contribution >= 4 is 43.4 Å². The third-order valence-corrected chi connectivity index (χ3v) is 8.83. The van der Waals surface area contributed by atoms with Gasteiger partial charge in [0.05, 0.1) is 31.0 Å². The number of halogens is 1. The summed E-state index contributed by atoms with van der Waals surface area (Å²) in [6, 6.07) is 23.1. The van der Waals surface area contributed by atoms with Gasteiger partial charge in [-0.05, 0) is 48.9 Å². The predicted octanol–water partition coefficient (Wildman–Crippen LogP) is 6.46. The number of rotatable bonds is 11. The van der Waals surface area contributed by atoms with E-state index in [1.165, 1.54) is 23.6 Å². The molecule has 3 aromatic carbocycles. The average Bonchev–Trinajstić information content (AvgIpc) is 3.36. The number of aromatic nitrogens is 1. The highest BCUT2D eigenvalue weighted by atomic mass is 32.2. The van der Waals surface area contributed by atoms with Crippen molar-refractivity contribution in [3.05, 3.63) is 118 Å². The van der Waals surface area contributed by atoms with E-state index < -0.39 is 27.4 Å². The SMILES string of the molecule is CCOC(=O)Oc1cn(Cc2ccccc2F)c2sc(-c3ccc(NS(C)(=O)=O)cc3)c(CN(C)Cc3ccccc3)c2c1=O. The van der Waals surface area contributed by atoms with Gasteiger partial charge in [0.2, 0.25) is 15.5 Å². The van der Waals surface area contributed by atoms with Gasteiger partial charge in [-0.3, -0.25) is 14.4 Å². The van der Waals surface area contributed by atoms with Gasteiger partial charge in [0.25, 0.3) is 0 Å². The smallest absolute Gasteiger partial charge is 0.434 e. The molecule has 2 aromatic heterocycles. The lowest BCUT2D eigenvalue weighted by atomic mass is 10.0. The molecule has 0 fully saturated rings. The van der Waals surface area contributed by atoms with Crippen LogP contribution in [0.2, 0.25) is 0 Å². The Bertz CT molecular complexity index is 1990. The molecule has 0 atom stereocenters. The summed E-state index contributed by atoms with van der Waals surface area (Å²) in [7, 11) is -1.53. The number of nitrogens with zero attached hydrogens (tertiary/aromatic N) is 2. The molecule has 0 saturated heterocycles. The molecule has 0 aliphatic rings. The molecule has 12 heteroatoms. The molecule has 0 spiro atoms. The van der Waals surface area contributed by atoms with Gasteiger partial charge in [-0.25, -0.2) is 17.6 Å². The molecule has 0 aliphatic carbocycles. The van der Waals surface area contributed by atoms with Crippen molar-refractivity contribution < 1.29 is 27.1 Å². The predicted molar refractivity (Wildman–Crippen MR) is 175 cm³/mol. The van der Waals surface area contributed by atoms with E-state index in [0.717, 1.165) is 22.3 Å². The Morgan fingerprint density at radius 1 is 1.00 bits per heavy atom. The lowest BCUT2D eigenvalue weighted by Crippen LogP contribution is -2.21. The third-order valence-electron chi connectivity index (χ3n) is 6.90. The molecule has 5 rings (SSSR count). The van der Waals surface area contributed by atoms with Gasteiger partial charge >= 0.3 is 6.16 Å². The Balaban J connectivity index is 1.70. The molecule has 9 nitrogen and oxygen atoms in total. The van der Waals surface area contributed by atoms with Crippen LogP contribution in [0, 0.1) is 5.82 Å². The van der Waals surface area contributed by atoms with Crippen LogP contribution < -0.4 is 14.9 Å². The fourth-order valence-electron chi connectivity index (χ4n) is 5.02. The highest BCUT2D eigenvalue weighted by Gasteiger charge is 2.24. The van der Waals surface area contributed by atoms with Crippen molar-refractivity contribution in [3.8, 4) is 16.2 Å². The molecule has 0 radical (unpaired) electrons. The number of pyridine rings is 1. The van der Waals surface area contributed by atoms with Crippen LogP contribution in [-0.2, 0) is 34.4 Å². The maximum absolute atomic E-state index is 14.8. The van der Waals surface area contributed by atoms with E-state index in [1.54, 1.807) is 54.0 Å². The van der Waals surface area contributed by atoms with Crippen LogP contribution in [0.15, 0.2) is 89.9 Å². The number of fused-ring (bicyclic) bond motifs is 1. The van der Waals surface area contributed by atoms with Crippen LogP contribution in [0.25, 0.3) is 20.7 Å². The second-order valence-corrected chi connectivity index (χ2v) is 13.3. The van der Waals surface area contributed by atoms with E-state index in [1.807, 2.05) is 37.4 Å². The maximum Gasteiger partial charge on any atom is 0.514 e. The lowest BCUT2D eigenvalue weighted by molar-refractivity contribution is 0.104. The normalized spacial score (nSPS) is 11.6. The molecular weight excluding hydrogens is 618 g/mol. The van der Waals surface area contributed by atoms with Crippen LogP contribution in [0.1, 0.15) is 23.6 Å². The Labute approximate surface area is 264 Å². The van der Waals surface area contributed by atoms with Gasteiger partial charge < -0.3 is 14.0 Å². The number of sulfonamides is 1. The zero-order valence-corrected chi connectivity index (χ0v) is 26.6. The lowest BCUT2D eigenvalue weighted by Gasteiger charge is -2.18. The standard InChI is InChI=1S/C33H32FN3O6S2/c1-4-42-33(39)43-28-21-37(19-24-12-8-9-13-27(24)34)32-29(30(28)38)26(20-36(2)18-22-10-6-5-7-11-22)31(44-32)23-14-16-25(17-15-23)35-45(3,40)41/h5-17,21,35H,4,18-20H2,1-3H3. The molecule has 0 saturated carbocycles. The zero-order chi connectivity index (χ0) is 32.1.